The van der Waals surface area contributed by atoms with Crippen molar-refractivity contribution in [3.8, 4) is 0 Å². The standard InChI is InChI=1S/C21H27N3O2S/c1-3-15(2)24-20(26)18(19(25)22-21(24)27)14-16-8-10-17(11-9-16)23-12-6-4-5-7-13-23/h8-11,14-15H,3-7,12-13H2,1-2H3,(H,22,25,27)/b18-14+/t15-/m1/s1. The van der Waals surface area contributed by atoms with Crippen molar-refractivity contribution in [3.05, 3.63) is 35.4 Å². The summed E-state index contributed by atoms with van der Waals surface area (Å²) in [7, 11) is 0. The van der Waals surface area contributed by atoms with Gasteiger partial charge < -0.3 is 4.90 Å². The number of amides is 2. The van der Waals surface area contributed by atoms with E-state index in [2.05, 4.69) is 22.3 Å². The van der Waals surface area contributed by atoms with Gasteiger partial charge in [-0.3, -0.25) is 19.8 Å². The largest absolute Gasteiger partial charge is 0.372 e. The number of nitrogens with zero attached hydrogens (tertiary/aromatic N) is 2. The topological polar surface area (TPSA) is 52.7 Å². The molecule has 2 aliphatic rings. The van der Waals surface area contributed by atoms with Crippen LogP contribution in [-0.4, -0.2) is 41.0 Å². The minimum Gasteiger partial charge on any atom is -0.372 e. The lowest BCUT2D eigenvalue weighted by Gasteiger charge is -2.33. The van der Waals surface area contributed by atoms with Crippen molar-refractivity contribution >= 4 is 40.9 Å². The van der Waals surface area contributed by atoms with Crippen molar-refractivity contribution in [2.75, 3.05) is 18.0 Å². The molecule has 0 unspecified atom stereocenters. The summed E-state index contributed by atoms with van der Waals surface area (Å²) in [6.07, 6.45) is 7.47. The molecule has 6 heteroatoms. The second kappa shape index (κ2) is 8.65. The molecular weight excluding hydrogens is 358 g/mol. The fraction of sp³-hybridized carbons (Fsp3) is 0.476. The molecular formula is C21H27N3O2S. The maximum atomic E-state index is 12.8. The highest BCUT2D eigenvalue weighted by molar-refractivity contribution is 7.80. The summed E-state index contributed by atoms with van der Waals surface area (Å²) in [6, 6.07) is 8.02. The van der Waals surface area contributed by atoms with Gasteiger partial charge in [0.05, 0.1) is 0 Å². The zero-order valence-corrected chi connectivity index (χ0v) is 16.8. The third kappa shape index (κ3) is 4.38. The maximum absolute atomic E-state index is 12.8. The van der Waals surface area contributed by atoms with E-state index in [-0.39, 0.29) is 22.6 Å². The third-order valence-corrected chi connectivity index (χ3v) is 5.64. The van der Waals surface area contributed by atoms with E-state index in [0.717, 1.165) is 25.1 Å². The van der Waals surface area contributed by atoms with Crippen LogP contribution in [0.25, 0.3) is 6.08 Å². The van der Waals surface area contributed by atoms with E-state index in [0.29, 0.717) is 0 Å². The lowest BCUT2D eigenvalue weighted by Crippen LogP contribution is -2.56. The number of benzene rings is 1. The van der Waals surface area contributed by atoms with E-state index in [1.807, 2.05) is 26.0 Å². The quantitative estimate of drug-likeness (QED) is 0.490. The molecule has 5 nitrogen and oxygen atoms in total. The predicted molar refractivity (Wildman–Crippen MR) is 112 cm³/mol. The molecule has 0 aliphatic carbocycles. The van der Waals surface area contributed by atoms with Crippen molar-refractivity contribution in [1.82, 2.24) is 10.2 Å². The van der Waals surface area contributed by atoms with Crippen molar-refractivity contribution in [3.63, 3.8) is 0 Å². The molecule has 27 heavy (non-hydrogen) atoms. The molecule has 0 radical (unpaired) electrons. The Hall–Kier alpha value is -2.21. The Kier molecular flexibility index (Phi) is 6.26. The molecule has 1 atom stereocenters. The highest BCUT2D eigenvalue weighted by Crippen LogP contribution is 2.22. The number of carbonyl (C=O) groups excluding carboxylic acids is 2. The Morgan fingerprint density at radius 2 is 1.74 bits per heavy atom. The van der Waals surface area contributed by atoms with Gasteiger partial charge in [0.1, 0.15) is 5.57 Å². The van der Waals surface area contributed by atoms with Gasteiger partial charge >= 0.3 is 0 Å². The number of rotatable bonds is 4. The normalized spacial score (nSPS) is 21.3. The maximum Gasteiger partial charge on any atom is 0.265 e. The van der Waals surface area contributed by atoms with Crippen LogP contribution in [0.15, 0.2) is 29.8 Å². The smallest absolute Gasteiger partial charge is 0.265 e. The van der Waals surface area contributed by atoms with E-state index in [9.17, 15) is 9.59 Å². The number of hydrogen-bond donors (Lipinski definition) is 1. The minimum atomic E-state index is -0.429. The molecule has 144 valence electrons. The summed E-state index contributed by atoms with van der Waals surface area (Å²) in [6.45, 7) is 6.09. The third-order valence-electron chi connectivity index (χ3n) is 5.34. The van der Waals surface area contributed by atoms with Crippen molar-refractivity contribution in [1.29, 1.82) is 0 Å². The number of anilines is 1. The van der Waals surface area contributed by atoms with Gasteiger partial charge in [0.2, 0.25) is 0 Å². The van der Waals surface area contributed by atoms with E-state index in [1.165, 1.54) is 36.3 Å². The van der Waals surface area contributed by atoms with Crippen LogP contribution in [0.1, 0.15) is 51.5 Å². The average molecular weight is 386 g/mol. The van der Waals surface area contributed by atoms with Crippen molar-refractivity contribution in [2.24, 2.45) is 0 Å². The molecule has 3 rings (SSSR count). The van der Waals surface area contributed by atoms with Crippen LogP contribution in [0.5, 0.6) is 0 Å². The molecule has 0 bridgehead atoms. The summed E-state index contributed by atoms with van der Waals surface area (Å²) in [4.78, 5) is 29.0. The Morgan fingerprint density at radius 3 is 2.33 bits per heavy atom. The van der Waals surface area contributed by atoms with Crippen LogP contribution in [-0.2, 0) is 9.59 Å². The molecule has 2 amide bonds. The lowest BCUT2D eigenvalue weighted by atomic mass is 10.1. The van der Waals surface area contributed by atoms with Crippen molar-refractivity contribution < 1.29 is 9.59 Å². The van der Waals surface area contributed by atoms with Crippen LogP contribution >= 0.6 is 12.2 Å². The monoisotopic (exact) mass is 385 g/mol. The van der Waals surface area contributed by atoms with Crippen LogP contribution in [0.3, 0.4) is 0 Å². The first-order valence-corrected chi connectivity index (χ1v) is 10.2. The minimum absolute atomic E-state index is 0.0561. The molecule has 1 N–H and O–H groups in total. The highest BCUT2D eigenvalue weighted by atomic mass is 32.1. The number of nitrogens with one attached hydrogen (secondary N) is 1. The molecule has 1 aromatic rings. The first-order chi connectivity index (χ1) is 13.0. The summed E-state index contributed by atoms with van der Waals surface area (Å²) in [5.74, 6) is -0.754. The second-order valence-electron chi connectivity index (χ2n) is 7.24. The van der Waals surface area contributed by atoms with E-state index in [4.69, 9.17) is 12.2 Å². The van der Waals surface area contributed by atoms with Gasteiger partial charge in [0.15, 0.2) is 5.11 Å². The molecule has 2 aliphatic heterocycles. The number of carbonyl (C=O) groups is 2. The van der Waals surface area contributed by atoms with Gasteiger partial charge in [-0.25, -0.2) is 0 Å². The van der Waals surface area contributed by atoms with Crippen LogP contribution in [0.4, 0.5) is 5.69 Å². The molecule has 0 saturated carbocycles. The lowest BCUT2D eigenvalue weighted by molar-refractivity contribution is -0.130. The average Bonchev–Trinajstić information content (AvgIpc) is 2.94. The van der Waals surface area contributed by atoms with Gasteiger partial charge in [-0.1, -0.05) is 31.9 Å². The van der Waals surface area contributed by atoms with Gasteiger partial charge in [-0.2, -0.15) is 0 Å². The fourth-order valence-electron chi connectivity index (χ4n) is 3.53. The zero-order chi connectivity index (χ0) is 19.4. The summed E-state index contributed by atoms with van der Waals surface area (Å²) in [5.41, 5.74) is 2.16. The van der Waals surface area contributed by atoms with Gasteiger partial charge in [-0.05, 0) is 62.2 Å². The number of thiocarbonyl (C=S) groups is 1. The van der Waals surface area contributed by atoms with Gasteiger partial charge in [0.25, 0.3) is 11.8 Å². The summed E-state index contributed by atoms with van der Waals surface area (Å²) < 4.78 is 0. The van der Waals surface area contributed by atoms with E-state index >= 15 is 0 Å². The fourth-order valence-corrected chi connectivity index (χ4v) is 3.89. The van der Waals surface area contributed by atoms with E-state index < -0.39 is 5.91 Å². The summed E-state index contributed by atoms with van der Waals surface area (Å²) >= 11 is 5.18. The zero-order valence-electron chi connectivity index (χ0n) is 16.0. The van der Waals surface area contributed by atoms with Crippen LogP contribution in [0, 0.1) is 0 Å². The Bertz CT molecular complexity index is 749. The first-order valence-electron chi connectivity index (χ1n) is 9.77. The molecule has 2 saturated heterocycles. The molecule has 2 fully saturated rings. The SMILES string of the molecule is CC[C@@H](C)N1C(=O)/C(=C/c2ccc(N3CCCCCC3)cc2)C(=O)NC1=S. The van der Waals surface area contributed by atoms with Crippen molar-refractivity contribution in [2.45, 2.75) is 52.0 Å². The molecule has 0 aromatic heterocycles. The van der Waals surface area contributed by atoms with Gasteiger partial charge in [-0.15, -0.1) is 0 Å². The molecule has 0 spiro atoms. The van der Waals surface area contributed by atoms with Gasteiger partial charge in [0, 0.05) is 24.8 Å². The predicted octanol–water partition coefficient (Wildman–Crippen LogP) is 3.49. The summed E-state index contributed by atoms with van der Waals surface area (Å²) in [5, 5.41) is 2.82. The highest BCUT2D eigenvalue weighted by Gasteiger charge is 2.35. The molecule has 1 aromatic carbocycles. The Balaban J connectivity index is 1.81. The van der Waals surface area contributed by atoms with Crippen LogP contribution < -0.4 is 10.2 Å². The van der Waals surface area contributed by atoms with E-state index in [1.54, 1.807) is 6.08 Å². The van der Waals surface area contributed by atoms with Crippen LogP contribution in [0.2, 0.25) is 0 Å². The number of hydrogen-bond acceptors (Lipinski definition) is 4. The first kappa shape index (κ1) is 19.5. The molecule has 2 heterocycles. The Labute approximate surface area is 166 Å². The second-order valence-corrected chi connectivity index (χ2v) is 7.63. The Morgan fingerprint density at radius 1 is 1.11 bits per heavy atom.